The largest absolute Gasteiger partial charge is 0.438 e. The third kappa shape index (κ3) is 4.15. The number of alkyl halides is 6. The fourth-order valence-corrected chi connectivity index (χ4v) is 2.56. The molecule has 1 aliphatic carbocycles. The molecule has 0 spiro atoms. The highest BCUT2D eigenvalue weighted by molar-refractivity contribution is 5.37. The average Bonchev–Trinajstić information content (AvgIpc) is 3.35. The Labute approximate surface area is 159 Å². The van der Waals surface area contributed by atoms with Crippen molar-refractivity contribution in [1.82, 2.24) is 24.7 Å². The van der Waals surface area contributed by atoms with Crippen molar-refractivity contribution in [3.8, 4) is 17.6 Å². The molecule has 4 rings (SSSR count). The van der Waals surface area contributed by atoms with E-state index in [9.17, 15) is 26.3 Å². The average molecular weight is 415 g/mol. The van der Waals surface area contributed by atoms with Crippen LogP contribution in [0.1, 0.15) is 35.7 Å². The summed E-state index contributed by atoms with van der Waals surface area (Å²) in [5, 5.41) is 3.39. The minimum atomic E-state index is -4.65. The first-order valence-corrected chi connectivity index (χ1v) is 8.32. The zero-order valence-corrected chi connectivity index (χ0v) is 14.4. The molecule has 3 heterocycles. The Morgan fingerprint density at radius 3 is 2.31 bits per heavy atom. The first-order chi connectivity index (χ1) is 13.6. The van der Waals surface area contributed by atoms with E-state index in [1.807, 2.05) is 0 Å². The third-order valence-electron chi connectivity index (χ3n) is 4.11. The maximum absolute atomic E-state index is 12.9. The Balaban J connectivity index is 1.69. The fraction of sp³-hybridized carbons (Fsp3) is 0.294. The summed E-state index contributed by atoms with van der Waals surface area (Å²) in [6.45, 7) is 0. The summed E-state index contributed by atoms with van der Waals surface area (Å²) in [6, 6.07) is 2.70. The molecule has 0 unspecified atom stereocenters. The predicted molar refractivity (Wildman–Crippen MR) is 85.4 cm³/mol. The second kappa shape index (κ2) is 6.71. The van der Waals surface area contributed by atoms with Gasteiger partial charge in [0.05, 0.1) is 0 Å². The van der Waals surface area contributed by atoms with Crippen LogP contribution in [0.25, 0.3) is 5.95 Å². The smallest absolute Gasteiger partial charge is 0.435 e. The number of ether oxygens (including phenoxy) is 1. The Bertz CT molecular complexity index is 1040. The molecular formula is C17H11F6N5O. The van der Waals surface area contributed by atoms with Crippen LogP contribution < -0.4 is 4.74 Å². The van der Waals surface area contributed by atoms with Gasteiger partial charge in [0, 0.05) is 30.2 Å². The van der Waals surface area contributed by atoms with Gasteiger partial charge >= 0.3 is 12.4 Å². The number of hydrogen-bond acceptors (Lipinski definition) is 5. The van der Waals surface area contributed by atoms with Crippen LogP contribution in [0.15, 0.2) is 36.8 Å². The molecule has 0 radical (unpaired) electrons. The zero-order valence-electron chi connectivity index (χ0n) is 14.4. The molecule has 1 fully saturated rings. The van der Waals surface area contributed by atoms with Crippen LogP contribution in [-0.4, -0.2) is 24.7 Å². The Kier molecular flexibility index (Phi) is 4.43. The van der Waals surface area contributed by atoms with Crippen molar-refractivity contribution in [3.63, 3.8) is 0 Å². The molecule has 0 amide bonds. The van der Waals surface area contributed by atoms with Crippen molar-refractivity contribution in [2.75, 3.05) is 0 Å². The monoisotopic (exact) mass is 415 g/mol. The maximum atomic E-state index is 12.9. The summed E-state index contributed by atoms with van der Waals surface area (Å²) >= 11 is 0. The summed E-state index contributed by atoms with van der Waals surface area (Å²) in [6.07, 6.45) is -4.28. The van der Waals surface area contributed by atoms with Gasteiger partial charge in [0.2, 0.25) is 5.88 Å². The topological polar surface area (TPSA) is 65.7 Å². The van der Waals surface area contributed by atoms with E-state index in [-0.39, 0.29) is 23.5 Å². The first-order valence-electron chi connectivity index (χ1n) is 8.32. The van der Waals surface area contributed by atoms with E-state index in [4.69, 9.17) is 4.74 Å². The van der Waals surface area contributed by atoms with Crippen LogP contribution in [0.5, 0.6) is 11.6 Å². The molecule has 1 aliphatic rings. The SMILES string of the molecule is FC(F)(F)c1cc(Oc2nc(-n3ccc(C(F)(F)F)n3)ncc2C2CC2)ccn1. The molecule has 0 saturated heterocycles. The van der Waals surface area contributed by atoms with Crippen molar-refractivity contribution >= 4 is 0 Å². The van der Waals surface area contributed by atoms with E-state index in [1.54, 1.807) is 0 Å². The van der Waals surface area contributed by atoms with E-state index in [2.05, 4.69) is 20.1 Å². The summed E-state index contributed by atoms with van der Waals surface area (Å²) in [4.78, 5) is 11.4. The number of halogens is 6. The molecule has 6 nitrogen and oxygen atoms in total. The number of pyridine rings is 1. The molecule has 1 saturated carbocycles. The van der Waals surface area contributed by atoms with E-state index < -0.39 is 23.7 Å². The van der Waals surface area contributed by atoms with Gasteiger partial charge in [-0.3, -0.25) is 4.98 Å². The molecule has 3 aromatic rings. The van der Waals surface area contributed by atoms with Crippen molar-refractivity contribution in [2.45, 2.75) is 31.1 Å². The first kappa shape index (κ1) is 19.2. The number of aromatic nitrogens is 5. The zero-order chi connectivity index (χ0) is 20.8. The number of hydrogen-bond donors (Lipinski definition) is 0. The quantitative estimate of drug-likeness (QED) is 0.575. The van der Waals surface area contributed by atoms with E-state index in [0.717, 1.165) is 36.0 Å². The van der Waals surface area contributed by atoms with Crippen molar-refractivity contribution in [2.24, 2.45) is 0 Å². The molecule has 3 aromatic heterocycles. The molecule has 0 N–H and O–H groups in total. The molecule has 12 heteroatoms. The van der Waals surface area contributed by atoms with Crippen LogP contribution in [0.4, 0.5) is 26.3 Å². The molecule has 29 heavy (non-hydrogen) atoms. The predicted octanol–water partition coefficient (Wildman–Crippen LogP) is 4.76. The normalized spacial score (nSPS) is 14.8. The summed E-state index contributed by atoms with van der Waals surface area (Å²) in [5.41, 5.74) is -1.71. The van der Waals surface area contributed by atoms with Gasteiger partial charge < -0.3 is 4.74 Å². The van der Waals surface area contributed by atoms with Gasteiger partial charge in [0.1, 0.15) is 11.4 Å². The van der Waals surface area contributed by atoms with Crippen LogP contribution in [0.2, 0.25) is 0 Å². The molecule has 0 aliphatic heterocycles. The summed E-state index contributed by atoms with van der Waals surface area (Å²) in [5.74, 6) is -0.326. The molecule has 0 bridgehead atoms. The Morgan fingerprint density at radius 2 is 1.69 bits per heavy atom. The summed E-state index contributed by atoms with van der Waals surface area (Å²) in [7, 11) is 0. The molecular weight excluding hydrogens is 404 g/mol. The second-order valence-electron chi connectivity index (χ2n) is 6.32. The highest BCUT2D eigenvalue weighted by atomic mass is 19.4. The van der Waals surface area contributed by atoms with Gasteiger partial charge in [0.25, 0.3) is 5.95 Å². The van der Waals surface area contributed by atoms with Gasteiger partial charge in [-0.1, -0.05) is 0 Å². The number of nitrogens with zero attached hydrogens (tertiary/aromatic N) is 5. The standard InChI is InChI=1S/C17H11F6N5O/c18-16(19,20)12-4-6-28(27-12)15-25-8-11(9-1-2-9)14(26-15)29-10-3-5-24-13(7-10)17(21,22)23/h3-9H,1-2H2. The molecule has 0 aromatic carbocycles. The van der Waals surface area contributed by atoms with Gasteiger partial charge in [-0.2, -0.15) is 36.4 Å². The number of rotatable bonds is 4. The molecule has 152 valence electrons. The second-order valence-corrected chi connectivity index (χ2v) is 6.32. The highest BCUT2D eigenvalue weighted by Gasteiger charge is 2.35. The van der Waals surface area contributed by atoms with Crippen molar-refractivity contribution < 1.29 is 31.1 Å². The van der Waals surface area contributed by atoms with Crippen molar-refractivity contribution in [1.29, 1.82) is 0 Å². The Hall–Kier alpha value is -3.18. The van der Waals surface area contributed by atoms with Gasteiger partial charge in [-0.05, 0) is 30.9 Å². The highest BCUT2D eigenvalue weighted by Crippen LogP contribution is 2.44. The van der Waals surface area contributed by atoms with Crippen LogP contribution in [0, 0.1) is 0 Å². The van der Waals surface area contributed by atoms with Gasteiger partial charge in [-0.25, -0.2) is 9.67 Å². The van der Waals surface area contributed by atoms with E-state index in [1.165, 1.54) is 12.3 Å². The fourth-order valence-electron chi connectivity index (χ4n) is 2.56. The minimum absolute atomic E-state index is 0.0408. The van der Waals surface area contributed by atoms with E-state index in [0.29, 0.717) is 11.6 Å². The van der Waals surface area contributed by atoms with Gasteiger partial charge in [0.15, 0.2) is 5.69 Å². The van der Waals surface area contributed by atoms with Crippen LogP contribution in [0.3, 0.4) is 0 Å². The third-order valence-corrected chi connectivity index (χ3v) is 4.11. The maximum Gasteiger partial charge on any atom is 0.435 e. The lowest BCUT2D eigenvalue weighted by atomic mass is 10.2. The van der Waals surface area contributed by atoms with Crippen LogP contribution in [-0.2, 0) is 12.4 Å². The Morgan fingerprint density at radius 1 is 0.966 bits per heavy atom. The van der Waals surface area contributed by atoms with Crippen LogP contribution >= 0.6 is 0 Å². The lowest BCUT2D eigenvalue weighted by molar-refractivity contribution is -0.142. The van der Waals surface area contributed by atoms with Gasteiger partial charge in [-0.15, -0.1) is 0 Å². The summed E-state index contributed by atoms with van der Waals surface area (Å²) < 4.78 is 83.2. The minimum Gasteiger partial charge on any atom is -0.438 e. The molecule has 0 atom stereocenters. The lowest BCUT2D eigenvalue weighted by Crippen LogP contribution is -2.10. The lowest BCUT2D eigenvalue weighted by Gasteiger charge is -2.12. The van der Waals surface area contributed by atoms with E-state index >= 15 is 0 Å². The van der Waals surface area contributed by atoms with Crippen molar-refractivity contribution in [3.05, 3.63) is 53.7 Å².